The summed E-state index contributed by atoms with van der Waals surface area (Å²) in [7, 11) is 1.73. The Morgan fingerprint density at radius 3 is 2.67 bits per heavy atom. The molecule has 0 aromatic heterocycles. The summed E-state index contributed by atoms with van der Waals surface area (Å²) in [6, 6.07) is 8.94. The normalized spacial score (nSPS) is 18.0. The van der Waals surface area contributed by atoms with E-state index in [9.17, 15) is 0 Å². The molecule has 0 saturated carbocycles. The van der Waals surface area contributed by atoms with Gasteiger partial charge in [-0.2, -0.15) is 0 Å². The molecule has 1 heterocycles. The van der Waals surface area contributed by atoms with Crippen LogP contribution in [0.3, 0.4) is 0 Å². The fraction of sp³-hybridized carbons (Fsp3) is 0.647. The molecule has 1 unspecified atom stereocenters. The van der Waals surface area contributed by atoms with Gasteiger partial charge < -0.3 is 10.1 Å². The first kappa shape index (κ1) is 18.3. The van der Waals surface area contributed by atoms with Crippen LogP contribution in [0.4, 0.5) is 0 Å². The summed E-state index contributed by atoms with van der Waals surface area (Å²) in [5.41, 5.74) is 1.36. The van der Waals surface area contributed by atoms with Gasteiger partial charge in [-0.25, -0.2) is 0 Å². The van der Waals surface area contributed by atoms with E-state index in [1.807, 2.05) is 6.07 Å². The molecule has 1 aliphatic heterocycles. The van der Waals surface area contributed by atoms with Crippen LogP contribution in [0.1, 0.15) is 38.3 Å². The van der Waals surface area contributed by atoms with E-state index >= 15 is 0 Å². The van der Waals surface area contributed by atoms with Crippen LogP contribution in [0.5, 0.6) is 5.75 Å². The summed E-state index contributed by atoms with van der Waals surface area (Å²) < 4.78 is 5.33. The Balaban J connectivity index is 0.00000220. The van der Waals surface area contributed by atoms with E-state index in [4.69, 9.17) is 4.74 Å². The van der Waals surface area contributed by atoms with E-state index in [0.717, 1.165) is 18.2 Å². The molecule has 0 amide bonds. The van der Waals surface area contributed by atoms with Crippen molar-refractivity contribution < 1.29 is 4.74 Å². The van der Waals surface area contributed by atoms with Crippen LogP contribution in [0.15, 0.2) is 24.3 Å². The standard InChI is InChI=1S/C17H28N2O.ClH/c1-4-18-13-15-8-10-19(11-9-15)14(2)16-6-5-7-17(12-16)20-3;/h5-7,12,14-15,18H,4,8-11,13H2,1-3H3;1H. The maximum absolute atomic E-state index is 5.33. The molecule has 1 saturated heterocycles. The Kier molecular flexibility index (Phi) is 8.09. The van der Waals surface area contributed by atoms with E-state index < -0.39 is 0 Å². The first-order chi connectivity index (χ1) is 9.74. The molecule has 1 atom stereocenters. The number of hydrogen-bond donors (Lipinski definition) is 1. The Bertz CT molecular complexity index is 406. The molecular weight excluding hydrogens is 284 g/mol. The lowest BCUT2D eigenvalue weighted by atomic mass is 9.94. The molecule has 4 heteroatoms. The van der Waals surface area contributed by atoms with Crippen LogP contribution < -0.4 is 10.1 Å². The van der Waals surface area contributed by atoms with Gasteiger partial charge in [-0.3, -0.25) is 4.90 Å². The largest absolute Gasteiger partial charge is 0.497 e. The number of hydrogen-bond acceptors (Lipinski definition) is 3. The van der Waals surface area contributed by atoms with Gasteiger partial charge in [0.15, 0.2) is 0 Å². The van der Waals surface area contributed by atoms with Crippen molar-refractivity contribution in [1.29, 1.82) is 0 Å². The summed E-state index contributed by atoms with van der Waals surface area (Å²) in [5.74, 6) is 1.81. The molecule has 2 rings (SSSR count). The average molecular weight is 313 g/mol. The molecular formula is C17H29ClN2O. The number of nitrogens with zero attached hydrogens (tertiary/aromatic N) is 1. The van der Waals surface area contributed by atoms with Gasteiger partial charge in [0.25, 0.3) is 0 Å². The number of benzene rings is 1. The van der Waals surface area contributed by atoms with E-state index in [2.05, 4.69) is 42.3 Å². The second kappa shape index (κ2) is 9.29. The van der Waals surface area contributed by atoms with Gasteiger partial charge in [0.05, 0.1) is 7.11 Å². The highest BCUT2D eigenvalue weighted by atomic mass is 35.5. The fourth-order valence-corrected chi connectivity index (χ4v) is 3.01. The topological polar surface area (TPSA) is 24.5 Å². The third-order valence-corrected chi connectivity index (χ3v) is 4.46. The zero-order chi connectivity index (χ0) is 14.4. The summed E-state index contributed by atoms with van der Waals surface area (Å²) in [4.78, 5) is 2.59. The van der Waals surface area contributed by atoms with Crippen LogP contribution in [-0.4, -0.2) is 38.2 Å². The van der Waals surface area contributed by atoms with Gasteiger partial charge in [0.2, 0.25) is 0 Å². The first-order valence-electron chi connectivity index (χ1n) is 7.83. The summed E-state index contributed by atoms with van der Waals surface area (Å²) in [6.07, 6.45) is 2.61. The molecule has 0 spiro atoms. The second-order valence-electron chi connectivity index (χ2n) is 5.74. The van der Waals surface area contributed by atoms with Crippen LogP contribution in [-0.2, 0) is 0 Å². The highest BCUT2D eigenvalue weighted by Gasteiger charge is 2.23. The van der Waals surface area contributed by atoms with Crippen molar-refractivity contribution in [3.8, 4) is 5.75 Å². The molecule has 1 aromatic rings. The summed E-state index contributed by atoms with van der Waals surface area (Å²) in [6.45, 7) is 9.15. The SMILES string of the molecule is CCNCC1CCN(C(C)c2cccc(OC)c2)CC1.Cl. The predicted octanol–water partition coefficient (Wildman–Crippen LogP) is 3.50. The number of methoxy groups -OCH3 is 1. The second-order valence-corrected chi connectivity index (χ2v) is 5.74. The van der Waals surface area contributed by atoms with Gasteiger partial charge in [-0.15, -0.1) is 12.4 Å². The van der Waals surface area contributed by atoms with Gasteiger partial charge in [-0.05, 0) is 69.6 Å². The molecule has 1 aliphatic rings. The Morgan fingerprint density at radius 2 is 2.05 bits per heavy atom. The number of nitrogens with one attached hydrogen (secondary N) is 1. The van der Waals surface area contributed by atoms with Crippen LogP contribution in [0, 0.1) is 5.92 Å². The monoisotopic (exact) mass is 312 g/mol. The molecule has 21 heavy (non-hydrogen) atoms. The molecule has 3 nitrogen and oxygen atoms in total. The number of likely N-dealkylation sites (tertiary alicyclic amines) is 1. The van der Waals surface area contributed by atoms with Crippen molar-refractivity contribution in [3.05, 3.63) is 29.8 Å². The van der Waals surface area contributed by atoms with E-state index in [1.54, 1.807) is 7.11 Å². The summed E-state index contributed by atoms with van der Waals surface area (Å²) >= 11 is 0. The van der Waals surface area contributed by atoms with Crippen molar-refractivity contribution >= 4 is 12.4 Å². The van der Waals surface area contributed by atoms with Gasteiger partial charge >= 0.3 is 0 Å². The molecule has 0 aliphatic carbocycles. The number of rotatable bonds is 6. The highest BCUT2D eigenvalue weighted by molar-refractivity contribution is 5.85. The van der Waals surface area contributed by atoms with Crippen molar-refractivity contribution in [2.75, 3.05) is 33.3 Å². The van der Waals surface area contributed by atoms with E-state index in [1.165, 1.54) is 38.0 Å². The molecule has 0 bridgehead atoms. The van der Waals surface area contributed by atoms with Gasteiger partial charge in [0, 0.05) is 6.04 Å². The molecule has 0 radical (unpaired) electrons. The number of piperidine rings is 1. The average Bonchev–Trinajstić information content (AvgIpc) is 2.52. The zero-order valence-corrected chi connectivity index (χ0v) is 14.3. The number of halogens is 1. The molecule has 1 aromatic carbocycles. The minimum atomic E-state index is 0. The lowest BCUT2D eigenvalue weighted by Crippen LogP contribution is -2.38. The minimum absolute atomic E-state index is 0. The van der Waals surface area contributed by atoms with Crippen molar-refractivity contribution in [3.63, 3.8) is 0 Å². The minimum Gasteiger partial charge on any atom is -0.497 e. The predicted molar refractivity (Wildman–Crippen MR) is 91.5 cm³/mol. The number of ether oxygens (including phenoxy) is 1. The third kappa shape index (κ3) is 5.17. The Labute approximate surface area is 135 Å². The van der Waals surface area contributed by atoms with E-state index in [0.29, 0.717) is 6.04 Å². The lowest BCUT2D eigenvalue weighted by Gasteiger charge is -2.36. The van der Waals surface area contributed by atoms with Crippen LogP contribution >= 0.6 is 12.4 Å². The van der Waals surface area contributed by atoms with Crippen LogP contribution in [0.25, 0.3) is 0 Å². The van der Waals surface area contributed by atoms with Crippen molar-refractivity contribution in [2.24, 2.45) is 5.92 Å². The Hall–Kier alpha value is -0.770. The van der Waals surface area contributed by atoms with E-state index in [-0.39, 0.29) is 12.4 Å². The van der Waals surface area contributed by atoms with Crippen molar-refractivity contribution in [2.45, 2.75) is 32.7 Å². The molecule has 1 N–H and O–H groups in total. The smallest absolute Gasteiger partial charge is 0.119 e. The maximum Gasteiger partial charge on any atom is 0.119 e. The molecule has 120 valence electrons. The third-order valence-electron chi connectivity index (χ3n) is 4.46. The fourth-order valence-electron chi connectivity index (χ4n) is 3.01. The maximum atomic E-state index is 5.33. The van der Waals surface area contributed by atoms with Crippen molar-refractivity contribution in [1.82, 2.24) is 10.2 Å². The lowest BCUT2D eigenvalue weighted by molar-refractivity contribution is 0.140. The highest BCUT2D eigenvalue weighted by Crippen LogP contribution is 2.28. The zero-order valence-electron chi connectivity index (χ0n) is 13.5. The van der Waals surface area contributed by atoms with Gasteiger partial charge in [-0.1, -0.05) is 19.1 Å². The quantitative estimate of drug-likeness (QED) is 0.870. The first-order valence-corrected chi connectivity index (χ1v) is 7.83. The Morgan fingerprint density at radius 1 is 1.33 bits per heavy atom. The summed E-state index contributed by atoms with van der Waals surface area (Å²) in [5, 5.41) is 3.47. The molecule has 1 fully saturated rings. The van der Waals surface area contributed by atoms with Crippen LogP contribution in [0.2, 0.25) is 0 Å². The van der Waals surface area contributed by atoms with Gasteiger partial charge in [0.1, 0.15) is 5.75 Å².